The lowest BCUT2D eigenvalue weighted by molar-refractivity contribution is 1.10. The third-order valence-corrected chi connectivity index (χ3v) is 2.63. The van der Waals surface area contributed by atoms with Crippen molar-refractivity contribution < 1.29 is 0 Å². The number of amidine groups is 1. The Bertz CT molecular complexity index is 655. The van der Waals surface area contributed by atoms with Gasteiger partial charge in [0.15, 0.2) is 5.84 Å². The van der Waals surface area contributed by atoms with Crippen LogP contribution in [0, 0.1) is 6.92 Å². The van der Waals surface area contributed by atoms with Crippen molar-refractivity contribution >= 4 is 29.8 Å². The molecule has 20 heavy (non-hydrogen) atoms. The van der Waals surface area contributed by atoms with E-state index in [1.807, 2.05) is 25.1 Å². The van der Waals surface area contributed by atoms with E-state index in [1.165, 1.54) is 6.34 Å². The van der Waals surface area contributed by atoms with Crippen molar-refractivity contribution in [3.8, 4) is 0 Å². The first-order chi connectivity index (χ1) is 9.63. The molecule has 0 amide bonds. The number of nitrogens with one attached hydrogen (secondary N) is 2. The van der Waals surface area contributed by atoms with Gasteiger partial charge in [0, 0.05) is 18.3 Å². The van der Waals surface area contributed by atoms with Gasteiger partial charge in [-0.3, -0.25) is 4.99 Å². The van der Waals surface area contributed by atoms with Crippen LogP contribution in [-0.4, -0.2) is 34.4 Å². The van der Waals surface area contributed by atoms with Crippen LogP contribution >= 0.6 is 0 Å². The lowest BCUT2D eigenvalue weighted by Crippen LogP contribution is -2.04. The summed E-state index contributed by atoms with van der Waals surface area (Å²) in [7, 11) is 1.67. The van der Waals surface area contributed by atoms with Gasteiger partial charge in [0.2, 0.25) is 11.9 Å². The molecule has 0 aliphatic carbocycles. The number of aryl methyl sites for hydroxylation is 1. The summed E-state index contributed by atoms with van der Waals surface area (Å²) in [4.78, 5) is 12.1. The topological polar surface area (TPSA) is 130 Å². The van der Waals surface area contributed by atoms with E-state index in [0.717, 1.165) is 16.8 Å². The summed E-state index contributed by atoms with van der Waals surface area (Å²) in [5.74, 6) is 1.26. The summed E-state index contributed by atoms with van der Waals surface area (Å²) in [6.45, 7) is 1.96. The molecule has 0 radical (unpaired) electrons. The molecule has 8 nitrogen and oxygen atoms in total. The maximum Gasteiger partial charge on any atom is 0.248 e. The minimum atomic E-state index is 0.263. The Kier molecular flexibility index (Phi) is 3.94. The van der Waals surface area contributed by atoms with Crippen molar-refractivity contribution in [3.63, 3.8) is 0 Å². The molecule has 0 atom stereocenters. The highest BCUT2D eigenvalue weighted by Crippen LogP contribution is 2.19. The number of hydrogen-bond acceptors (Lipinski definition) is 5. The molecular weight excluding hydrogens is 256 g/mol. The van der Waals surface area contributed by atoms with E-state index in [2.05, 4.69) is 30.5 Å². The van der Waals surface area contributed by atoms with Crippen molar-refractivity contribution in [3.05, 3.63) is 29.3 Å². The fraction of sp³-hybridized carbons (Fsp3) is 0.167. The Labute approximate surface area is 116 Å². The second kappa shape index (κ2) is 5.83. The van der Waals surface area contributed by atoms with Crippen LogP contribution in [0.4, 0.5) is 17.6 Å². The average Bonchev–Trinajstić information content (AvgIpc) is 2.82. The molecule has 0 fully saturated rings. The SMILES string of the molecule is CN=C(N=CN)c1ccc(Nc2n[nH]c(N)n2)cc1C. The molecule has 0 spiro atoms. The smallest absolute Gasteiger partial charge is 0.248 e. The van der Waals surface area contributed by atoms with Crippen LogP contribution in [-0.2, 0) is 0 Å². The molecule has 0 aliphatic heterocycles. The van der Waals surface area contributed by atoms with Crippen molar-refractivity contribution in [1.29, 1.82) is 0 Å². The lowest BCUT2D eigenvalue weighted by atomic mass is 10.1. The van der Waals surface area contributed by atoms with E-state index in [9.17, 15) is 0 Å². The van der Waals surface area contributed by atoms with Crippen LogP contribution in [0.5, 0.6) is 0 Å². The van der Waals surface area contributed by atoms with Crippen LogP contribution in [0.15, 0.2) is 28.2 Å². The van der Waals surface area contributed by atoms with Gasteiger partial charge in [-0.05, 0) is 30.7 Å². The molecule has 0 unspecified atom stereocenters. The number of aromatic nitrogens is 3. The number of anilines is 3. The molecule has 6 N–H and O–H groups in total. The Morgan fingerprint density at radius 1 is 1.45 bits per heavy atom. The summed E-state index contributed by atoms with van der Waals surface area (Å²) in [6, 6.07) is 5.73. The van der Waals surface area contributed by atoms with E-state index in [-0.39, 0.29) is 5.95 Å². The molecule has 2 aromatic rings. The summed E-state index contributed by atoms with van der Waals surface area (Å²) in [5, 5.41) is 9.51. The van der Waals surface area contributed by atoms with Crippen LogP contribution in [0.3, 0.4) is 0 Å². The van der Waals surface area contributed by atoms with E-state index in [0.29, 0.717) is 11.8 Å². The molecule has 0 aliphatic rings. The minimum Gasteiger partial charge on any atom is -0.390 e. The van der Waals surface area contributed by atoms with Gasteiger partial charge in [0.1, 0.15) is 0 Å². The number of hydrogen-bond donors (Lipinski definition) is 4. The van der Waals surface area contributed by atoms with Crippen LogP contribution in [0.2, 0.25) is 0 Å². The minimum absolute atomic E-state index is 0.263. The fourth-order valence-corrected chi connectivity index (χ4v) is 1.77. The Morgan fingerprint density at radius 3 is 2.80 bits per heavy atom. The quantitative estimate of drug-likeness (QED) is 0.485. The highest BCUT2D eigenvalue weighted by atomic mass is 15.3. The molecule has 2 rings (SSSR count). The van der Waals surface area contributed by atoms with Crippen molar-refractivity contribution in [2.45, 2.75) is 6.92 Å². The lowest BCUT2D eigenvalue weighted by Gasteiger charge is -2.08. The molecule has 104 valence electrons. The highest BCUT2D eigenvalue weighted by Gasteiger charge is 2.07. The molecule has 1 aromatic heterocycles. The first-order valence-corrected chi connectivity index (χ1v) is 5.91. The number of nitrogens with zero attached hydrogens (tertiary/aromatic N) is 4. The second-order valence-electron chi connectivity index (χ2n) is 4.02. The predicted octanol–water partition coefficient (Wildman–Crippen LogP) is 0.802. The second-order valence-corrected chi connectivity index (χ2v) is 4.02. The van der Waals surface area contributed by atoms with E-state index >= 15 is 0 Å². The van der Waals surface area contributed by atoms with Gasteiger partial charge in [0.25, 0.3) is 0 Å². The normalized spacial score (nSPS) is 12.0. The molecule has 0 saturated heterocycles. The molecule has 1 heterocycles. The number of aliphatic imine (C=N–C) groups is 2. The maximum absolute atomic E-state index is 5.46. The zero-order chi connectivity index (χ0) is 14.5. The standard InChI is InChI=1S/C12H16N8/c1-7-5-8(17-12-18-11(14)19-20-12)3-4-9(7)10(15-2)16-6-13/h3-6H,1-2H3,(H2,13,15,16)(H4,14,17,18,19,20). The summed E-state index contributed by atoms with van der Waals surface area (Å²) in [5.41, 5.74) is 13.5. The number of rotatable bonds is 3. The van der Waals surface area contributed by atoms with Gasteiger partial charge < -0.3 is 16.8 Å². The van der Waals surface area contributed by atoms with Gasteiger partial charge in [-0.2, -0.15) is 4.98 Å². The largest absolute Gasteiger partial charge is 0.390 e. The third kappa shape index (κ3) is 2.91. The van der Waals surface area contributed by atoms with Crippen molar-refractivity contribution in [2.24, 2.45) is 15.7 Å². The van der Waals surface area contributed by atoms with Crippen LogP contribution in [0.1, 0.15) is 11.1 Å². The molecule has 1 aromatic carbocycles. The monoisotopic (exact) mass is 272 g/mol. The summed E-state index contributed by atoms with van der Waals surface area (Å²) in [6.07, 6.45) is 1.23. The molecule has 8 heteroatoms. The summed E-state index contributed by atoms with van der Waals surface area (Å²) >= 11 is 0. The average molecular weight is 272 g/mol. The number of aromatic amines is 1. The van der Waals surface area contributed by atoms with E-state index < -0.39 is 0 Å². The van der Waals surface area contributed by atoms with Gasteiger partial charge in [0.05, 0.1) is 6.34 Å². The Hall–Kier alpha value is -2.90. The zero-order valence-corrected chi connectivity index (χ0v) is 11.3. The third-order valence-electron chi connectivity index (χ3n) is 2.63. The predicted molar refractivity (Wildman–Crippen MR) is 80.4 cm³/mol. The molecular formula is C12H16N8. The van der Waals surface area contributed by atoms with Gasteiger partial charge in [-0.25, -0.2) is 10.1 Å². The maximum atomic E-state index is 5.46. The number of nitrogens with two attached hydrogens (primary N) is 2. The number of H-pyrrole nitrogens is 1. The first-order valence-electron chi connectivity index (χ1n) is 5.91. The fourth-order valence-electron chi connectivity index (χ4n) is 1.77. The summed E-state index contributed by atoms with van der Waals surface area (Å²) < 4.78 is 0. The van der Waals surface area contributed by atoms with Gasteiger partial charge in [-0.1, -0.05) is 0 Å². The Balaban J connectivity index is 2.25. The van der Waals surface area contributed by atoms with Crippen LogP contribution in [0.25, 0.3) is 0 Å². The number of nitrogen functional groups attached to an aromatic ring is 1. The molecule has 0 bridgehead atoms. The highest BCUT2D eigenvalue weighted by molar-refractivity contribution is 6.03. The van der Waals surface area contributed by atoms with E-state index in [1.54, 1.807) is 7.05 Å². The van der Waals surface area contributed by atoms with Gasteiger partial charge in [-0.15, -0.1) is 5.10 Å². The molecule has 0 saturated carbocycles. The number of benzene rings is 1. The van der Waals surface area contributed by atoms with Crippen molar-refractivity contribution in [2.75, 3.05) is 18.1 Å². The first kappa shape index (κ1) is 13.5. The Morgan fingerprint density at radius 2 is 2.25 bits per heavy atom. The zero-order valence-electron chi connectivity index (χ0n) is 11.3. The van der Waals surface area contributed by atoms with Crippen molar-refractivity contribution in [1.82, 2.24) is 15.2 Å². The van der Waals surface area contributed by atoms with E-state index in [4.69, 9.17) is 11.5 Å². The van der Waals surface area contributed by atoms with Gasteiger partial charge >= 0.3 is 0 Å². The van der Waals surface area contributed by atoms with Crippen LogP contribution < -0.4 is 16.8 Å².